The first-order valence-corrected chi connectivity index (χ1v) is 10.7. The van der Waals surface area contributed by atoms with Gasteiger partial charge in [0.1, 0.15) is 4.90 Å². The van der Waals surface area contributed by atoms with Crippen LogP contribution in [0.1, 0.15) is 22.7 Å². The van der Waals surface area contributed by atoms with Gasteiger partial charge in [0.2, 0.25) is 17.6 Å². The Hall–Kier alpha value is -3.24. The van der Waals surface area contributed by atoms with Crippen LogP contribution in [0.25, 0.3) is 11.4 Å². The van der Waals surface area contributed by atoms with Gasteiger partial charge >= 0.3 is 0 Å². The van der Waals surface area contributed by atoms with Gasteiger partial charge in [0.05, 0.1) is 17.1 Å². The van der Waals surface area contributed by atoms with Crippen LogP contribution in [-0.4, -0.2) is 41.2 Å². The molecule has 0 spiro atoms. The summed E-state index contributed by atoms with van der Waals surface area (Å²) < 4.78 is 30.8. The highest BCUT2D eigenvalue weighted by Crippen LogP contribution is 2.30. The van der Waals surface area contributed by atoms with E-state index in [-0.39, 0.29) is 41.7 Å². The molecule has 3 aromatic rings. The molecule has 2 amide bonds. The van der Waals surface area contributed by atoms with E-state index in [1.54, 1.807) is 36.4 Å². The van der Waals surface area contributed by atoms with Crippen molar-refractivity contribution >= 4 is 33.4 Å². The summed E-state index contributed by atoms with van der Waals surface area (Å²) in [5, 5.41) is 6.86. The Balaban J connectivity index is 1.35. The summed E-state index contributed by atoms with van der Waals surface area (Å²) in [4.78, 5) is 28.6. The Morgan fingerprint density at radius 2 is 1.80 bits per heavy atom. The molecule has 0 saturated carbocycles. The number of rotatable bonds is 6. The Morgan fingerprint density at radius 3 is 2.53 bits per heavy atom. The molecule has 1 aromatic heterocycles. The van der Waals surface area contributed by atoms with Crippen molar-refractivity contribution in [2.45, 2.75) is 17.9 Å². The standard InChI is InChI=1S/C19H15ClN4O5S/c20-14-7-3-1-5-12(14)18-22-17(29-23-18)11-21-16(25)9-10-24-19(26)13-6-2-4-8-15(13)30(24,27)28/h1-8H,9-11H2,(H,21,25). The van der Waals surface area contributed by atoms with Gasteiger partial charge in [0, 0.05) is 18.5 Å². The van der Waals surface area contributed by atoms with E-state index >= 15 is 0 Å². The highest BCUT2D eigenvalue weighted by atomic mass is 35.5. The molecule has 4 rings (SSSR count). The fraction of sp³-hybridized carbons (Fsp3) is 0.158. The number of carbonyl (C=O) groups excluding carboxylic acids is 2. The molecule has 2 aromatic carbocycles. The molecule has 154 valence electrons. The summed E-state index contributed by atoms with van der Waals surface area (Å²) in [7, 11) is -3.94. The van der Waals surface area contributed by atoms with E-state index in [1.807, 2.05) is 0 Å². The molecule has 30 heavy (non-hydrogen) atoms. The van der Waals surface area contributed by atoms with E-state index in [1.165, 1.54) is 12.1 Å². The lowest BCUT2D eigenvalue weighted by Gasteiger charge is -2.14. The third kappa shape index (κ3) is 3.66. The summed E-state index contributed by atoms with van der Waals surface area (Å²) in [6.07, 6.45) is -0.204. The zero-order valence-electron chi connectivity index (χ0n) is 15.4. The molecule has 0 unspecified atom stereocenters. The van der Waals surface area contributed by atoms with Gasteiger partial charge in [0.25, 0.3) is 15.9 Å². The summed E-state index contributed by atoms with van der Waals surface area (Å²) in [5.41, 5.74) is 0.702. The van der Waals surface area contributed by atoms with E-state index in [2.05, 4.69) is 15.5 Å². The summed E-state index contributed by atoms with van der Waals surface area (Å²) in [5.74, 6) is -0.655. The van der Waals surface area contributed by atoms with Crippen molar-refractivity contribution < 1.29 is 22.5 Å². The second kappa shape index (κ2) is 7.88. The van der Waals surface area contributed by atoms with Gasteiger partial charge < -0.3 is 9.84 Å². The zero-order valence-corrected chi connectivity index (χ0v) is 17.0. The first-order valence-electron chi connectivity index (χ1n) is 8.88. The second-order valence-corrected chi connectivity index (χ2v) is 8.63. The summed E-state index contributed by atoms with van der Waals surface area (Å²) in [6, 6.07) is 12.9. The number of benzene rings is 2. The van der Waals surface area contributed by atoms with E-state index in [9.17, 15) is 18.0 Å². The fourth-order valence-corrected chi connectivity index (χ4v) is 4.79. The molecule has 1 N–H and O–H groups in total. The smallest absolute Gasteiger partial charge is 0.269 e. The predicted octanol–water partition coefficient (Wildman–Crippen LogP) is 2.24. The average molecular weight is 447 g/mol. The van der Waals surface area contributed by atoms with Gasteiger partial charge in [-0.2, -0.15) is 4.98 Å². The topological polar surface area (TPSA) is 122 Å². The van der Waals surface area contributed by atoms with E-state index in [0.29, 0.717) is 14.9 Å². The lowest BCUT2D eigenvalue weighted by atomic mass is 10.2. The minimum Gasteiger partial charge on any atom is -0.347 e. The molecule has 0 atom stereocenters. The second-order valence-electron chi connectivity index (χ2n) is 6.40. The van der Waals surface area contributed by atoms with Crippen molar-refractivity contribution in [1.29, 1.82) is 0 Å². The zero-order chi connectivity index (χ0) is 21.3. The number of nitrogens with one attached hydrogen (secondary N) is 1. The highest BCUT2D eigenvalue weighted by molar-refractivity contribution is 7.90. The summed E-state index contributed by atoms with van der Waals surface area (Å²) >= 11 is 6.09. The van der Waals surface area contributed by atoms with Crippen molar-refractivity contribution in [2.75, 3.05) is 6.54 Å². The van der Waals surface area contributed by atoms with Crippen LogP contribution in [-0.2, 0) is 21.4 Å². The van der Waals surface area contributed by atoms with Crippen LogP contribution in [0.5, 0.6) is 0 Å². The molecular formula is C19H15ClN4O5S. The minimum absolute atomic E-state index is 0.0444. The van der Waals surface area contributed by atoms with Gasteiger partial charge in [-0.15, -0.1) is 0 Å². The monoisotopic (exact) mass is 446 g/mol. The first-order chi connectivity index (χ1) is 14.4. The number of hydrogen-bond acceptors (Lipinski definition) is 7. The van der Waals surface area contributed by atoms with Gasteiger partial charge in [-0.05, 0) is 24.3 Å². The Labute approximate surface area is 176 Å². The van der Waals surface area contributed by atoms with E-state index < -0.39 is 21.8 Å². The first kappa shape index (κ1) is 20.0. The molecular weight excluding hydrogens is 432 g/mol. The maximum absolute atomic E-state index is 12.5. The van der Waals surface area contributed by atoms with Gasteiger partial charge in [-0.25, -0.2) is 12.7 Å². The quantitative estimate of drug-likeness (QED) is 0.615. The third-order valence-electron chi connectivity index (χ3n) is 4.47. The number of hydrogen-bond donors (Lipinski definition) is 1. The van der Waals surface area contributed by atoms with Crippen LogP contribution < -0.4 is 5.32 Å². The predicted molar refractivity (Wildman–Crippen MR) is 106 cm³/mol. The van der Waals surface area contributed by atoms with Crippen LogP contribution >= 0.6 is 11.6 Å². The molecule has 0 fully saturated rings. The minimum atomic E-state index is -3.94. The molecule has 0 saturated heterocycles. The van der Waals surface area contributed by atoms with Gasteiger partial charge in [0.15, 0.2) is 0 Å². The Morgan fingerprint density at radius 1 is 1.10 bits per heavy atom. The summed E-state index contributed by atoms with van der Waals surface area (Å²) in [6.45, 7) is -0.312. The number of sulfonamides is 1. The van der Waals surface area contributed by atoms with E-state index in [4.69, 9.17) is 16.1 Å². The molecule has 1 aliphatic heterocycles. The van der Waals surface area contributed by atoms with Gasteiger partial charge in [-0.3, -0.25) is 9.59 Å². The molecule has 1 aliphatic rings. The molecule has 0 bridgehead atoms. The molecule has 2 heterocycles. The molecule has 0 aliphatic carbocycles. The van der Waals surface area contributed by atoms with E-state index in [0.717, 1.165) is 0 Å². The van der Waals surface area contributed by atoms with Crippen molar-refractivity contribution in [3.05, 3.63) is 65.0 Å². The third-order valence-corrected chi connectivity index (χ3v) is 6.64. The van der Waals surface area contributed by atoms with Crippen LogP contribution in [0.3, 0.4) is 0 Å². The average Bonchev–Trinajstić information content (AvgIpc) is 3.27. The number of fused-ring (bicyclic) bond motifs is 1. The number of amides is 2. The maximum atomic E-state index is 12.5. The van der Waals surface area contributed by atoms with Gasteiger partial charge in [-0.1, -0.05) is 41.0 Å². The lowest BCUT2D eigenvalue weighted by molar-refractivity contribution is -0.121. The molecule has 11 heteroatoms. The van der Waals surface area contributed by atoms with Crippen LogP contribution in [0.2, 0.25) is 5.02 Å². The van der Waals surface area contributed by atoms with Crippen molar-refractivity contribution in [3.63, 3.8) is 0 Å². The molecule has 9 nitrogen and oxygen atoms in total. The van der Waals surface area contributed by atoms with Crippen LogP contribution in [0, 0.1) is 0 Å². The highest BCUT2D eigenvalue weighted by Gasteiger charge is 2.40. The fourth-order valence-electron chi connectivity index (χ4n) is 3.00. The molecule has 0 radical (unpaired) electrons. The largest absolute Gasteiger partial charge is 0.347 e. The van der Waals surface area contributed by atoms with Crippen LogP contribution in [0.15, 0.2) is 57.9 Å². The number of aromatic nitrogens is 2. The Bertz CT molecular complexity index is 1240. The SMILES string of the molecule is O=C(CCN1C(=O)c2ccccc2S1(=O)=O)NCc1nc(-c2ccccc2Cl)no1. The van der Waals surface area contributed by atoms with Crippen molar-refractivity contribution in [1.82, 2.24) is 19.8 Å². The number of halogens is 1. The maximum Gasteiger partial charge on any atom is 0.269 e. The van der Waals surface area contributed by atoms with Crippen molar-refractivity contribution in [2.24, 2.45) is 0 Å². The lowest BCUT2D eigenvalue weighted by Crippen LogP contribution is -2.34. The van der Waals surface area contributed by atoms with Crippen molar-refractivity contribution in [3.8, 4) is 11.4 Å². The number of carbonyl (C=O) groups is 2. The number of nitrogens with zero attached hydrogens (tertiary/aromatic N) is 3. The van der Waals surface area contributed by atoms with Crippen LogP contribution in [0.4, 0.5) is 0 Å². The normalized spacial score (nSPS) is 14.6. The Kier molecular flexibility index (Phi) is 5.27.